The molecule has 2 aromatic carbocycles. The van der Waals surface area contributed by atoms with Gasteiger partial charge in [0, 0.05) is 73.4 Å². The number of benzene rings is 2. The molecule has 2 saturated carbocycles. The van der Waals surface area contributed by atoms with E-state index in [1.807, 2.05) is 24.0 Å². The summed E-state index contributed by atoms with van der Waals surface area (Å²) in [5, 5.41) is 35.6. The molecule has 2 fully saturated rings. The van der Waals surface area contributed by atoms with Crippen molar-refractivity contribution in [3.05, 3.63) is 106 Å². The number of pyridine rings is 1. The molecule has 458 valence electrons. The van der Waals surface area contributed by atoms with E-state index in [9.17, 15) is 42.6 Å². The molecule has 2 aliphatic carbocycles. The van der Waals surface area contributed by atoms with Gasteiger partial charge in [-0.3, -0.25) is 19.2 Å². The molecule has 8 N–H and O–H groups in total. The molecule has 0 radical (unpaired) electrons. The van der Waals surface area contributed by atoms with Crippen LogP contribution >= 0.6 is 11.8 Å². The molecule has 6 rings (SSSR count). The van der Waals surface area contributed by atoms with Crippen LogP contribution in [-0.4, -0.2) is 142 Å². The standard InChI is InChI=1S/C62H87N9O11S2/c1-8-83-30-11-9-10-17-53(73)65-33-54(74)68-51(16-13-25-64-7)56(75)67-47-20-18-44(19-21-47)36-81-58(78)70(28-31-84(79)80)27-29-82-62-38-59(3,4)37-60(5,40-62)39-61(6,41-62)42-66-43(2)49(32-63)48-22-23-52(69-55(48)57(76)77)71-26-24-45-14-12-15-46(35-72)50(45)34-71/h8,12,14-15,18-23,32,35,51,63-64,66H,1,9-11,13,16-17,24-31,33-34,36-42H2,2-7H3,(H,65,73)(H,67,75)(H,68,74)(H,76,77)(H,79,80)/b49-43+,63-32?. The summed E-state index contributed by atoms with van der Waals surface area (Å²) in [5.74, 6) is -1.13. The number of unbranched alkanes of at least 4 members (excludes halogenated alkanes) is 2. The smallest absolute Gasteiger partial charge is 0.410 e. The molecular weight excluding hydrogens is 1110 g/mol. The van der Waals surface area contributed by atoms with Gasteiger partial charge in [-0.15, -0.1) is 11.8 Å². The monoisotopic (exact) mass is 1200 g/mol. The molecule has 0 saturated heterocycles. The summed E-state index contributed by atoms with van der Waals surface area (Å²) >= 11 is -0.549. The van der Waals surface area contributed by atoms with Crippen LogP contribution in [0.2, 0.25) is 0 Å². The molecular formula is C62H87N9O11S2. The van der Waals surface area contributed by atoms with Gasteiger partial charge in [0.15, 0.2) is 16.8 Å². The Bertz CT molecular complexity index is 2880. The Labute approximate surface area is 501 Å². The number of anilines is 2. The molecule has 4 amide bonds. The Morgan fingerprint density at radius 2 is 1.73 bits per heavy atom. The number of carboxylic acids is 1. The first kappa shape index (κ1) is 66.7. The summed E-state index contributed by atoms with van der Waals surface area (Å²) in [4.78, 5) is 85.1. The van der Waals surface area contributed by atoms with E-state index in [2.05, 4.69) is 65.8 Å². The number of aromatic carboxylic acids is 1. The number of amides is 4. The number of carbonyl (C=O) groups excluding carboxylic acids is 5. The number of fused-ring (bicyclic) bond motifs is 3. The molecule has 1 aromatic heterocycles. The zero-order chi connectivity index (χ0) is 61.1. The predicted molar refractivity (Wildman–Crippen MR) is 331 cm³/mol. The van der Waals surface area contributed by atoms with Crippen LogP contribution in [0.15, 0.2) is 72.3 Å². The maximum absolute atomic E-state index is 13.7. The fraction of sp³-hybridized carbons (Fsp3) is 0.548. The van der Waals surface area contributed by atoms with Crippen LogP contribution in [0.25, 0.3) is 5.57 Å². The minimum Gasteiger partial charge on any atom is -0.476 e. The molecule has 5 atom stereocenters. The molecule has 5 unspecified atom stereocenters. The lowest BCUT2D eigenvalue weighted by Gasteiger charge is -2.61. The first-order valence-corrected chi connectivity index (χ1v) is 31.3. The molecule has 20 nitrogen and oxygen atoms in total. The molecule has 3 aliphatic rings. The fourth-order valence-electron chi connectivity index (χ4n) is 13.1. The molecule has 2 bridgehead atoms. The number of hydrogen-bond acceptors (Lipinski definition) is 15. The largest absolute Gasteiger partial charge is 0.476 e. The first-order valence-electron chi connectivity index (χ1n) is 29.0. The summed E-state index contributed by atoms with van der Waals surface area (Å²) in [6.45, 7) is 16.5. The van der Waals surface area contributed by atoms with Gasteiger partial charge in [0.05, 0.1) is 24.5 Å². The number of hydrogen-bond donors (Lipinski definition) is 8. The van der Waals surface area contributed by atoms with E-state index in [-0.39, 0.29) is 66.4 Å². The van der Waals surface area contributed by atoms with Crippen LogP contribution in [-0.2, 0) is 54.5 Å². The normalized spacial score (nSPS) is 20.6. The maximum atomic E-state index is 13.7. The average molecular weight is 1200 g/mol. The topological polar surface area (TPSA) is 282 Å². The number of aldehydes is 1. The summed E-state index contributed by atoms with van der Waals surface area (Å²) in [6, 6.07) is 15.0. The van der Waals surface area contributed by atoms with E-state index >= 15 is 0 Å². The molecule has 2 heterocycles. The van der Waals surface area contributed by atoms with E-state index in [4.69, 9.17) is 14.9 Å². The van der Waals surface area contributed by atoms with Crippen molar-refractivity contribution in [2.24, 2.45) is 16.2 Å². The van der Waals surface area contributed by atoms with E-state index < -0.39 is 46.6 Å². The molecule has 22 heteroatoms. The average Bonchev–Trinajstić information content (AvgIpc) is 0.932. The number of nitrogens with zero attached hydrogens (tertiary/aromatic N) is 3. The number of thioether (sulfide) groups is 1. The van der Waals surface area contributed by atoms with Gasteiger partial charge in [-0.1, -0.05) is 71.0 Å². The highest BCUT2D eigenvalue weighted by atomic mass is 32.2. The van der Waals surface area contributed by atoms with Gasteiger partial charge < -0.3 is 60.9 Å². The highest BCUT2D eigenvalue weighted by molar-refractivity contribution is 8.02. The summed E-state index contributed by atoms with van der Waals surface area (Å²) in [5.41, 5.74) is 3.73. The number of ether oxygens (including phenoxy) is 2. The van der Waals surface area contributed by atoms with Crippen molar-refractivity contribution in [2.75, 3.05) is 74.6 Å². The zero-order valence-electron chi connectivity index (χ0n) is 49.7. The van der Waals surface area contributed by atoms with Crippen LogP contribution in [0.1, 0.15) is 148 Å². The van der Waals surface area contributed by atoms with E-state index in [0.29, 0.717) is 104 Å². The van der Waals surface area contributed by atoms with Crippen LogP contribution in [0.4, 0.5) is 16.3 Å². The van der Waals surface area contributed by atoms with Crippen LogP contribution < -0.4 is 31.5 Å². The van der Waals surface area contributed by atoms with Crippen molar-refractivity contribution in [3.63, 3.8) is 0 Å². The quantitative estimate of drug-likeness (QED) is 0.0122. The van der Waals surface area contributed by atoms with Crippen molar-refractivity contribution in [2.45, 2.75) is 136 Å². The molecule has 84 heavy (non-hydrogen) atoms. The predicted octanol–water partition coefficient (Wildman–Crippen LogP) is 8.73. The summed E-state index contributed by atoms with van der Waals surface area (Å²) in [7, 11) is 1.80. The van der Waals surface area contributed by atoms with Crippen molar-refractivity contribution in [3.8, 4) is 0 Å². The number of aromatic nitrogens is 1. The van der Waals surface area contributed by atoms with Gasteiger partial charge >= 0.3 is 12.1 Å². The number of allylic oxidation sites excluding steroid dienone is 2. The van der Waals surface area contributed by atoms with E-state index in [1.54, 1.807) is 66.7 Å². The molecule has 1 aliphatic heterocycles. The lowest BCUT2D eigenvalue weighted by molar-refractivity contribution is -0.191. The minimum absolute atomic E-state index is 0.0551. The van der Waals surface area contributed by atoms with Gasteiger partial charge in [0.2, 0.25) is 17.7 Å². The Morgan fingerprint density at radius 3 is 2.43 bits per heavy atom. The zero-order valence-corrected chi connectivity index (χ0v) is 51.3. The number of carboxylic acid groups (broad SMARTS) is 1. The second-order valence-electron chi connectivity index (χ2n) is 24.1. The first-order chi connectivity index (χ1) is 40.0. The Hall–Kier alpha value is -6.46. The molecule has 3 aromatic rings. The van der Waals surface area contributed by atoms with Crippen molar-refractivity contribution in [1.29, 1.82) is 5.41 Å². The third-order valence-corrected chi connectivity index (χ3v) is 17.3. The van der Waals surface area contributed by atoms with Gasteiger partial charge in [0.1, 0.15) is 24.8 Å². The van der Waals surface area contributed by atoms with E-state index in [1.165, 1.54) is 4.90 Å². The Balaban J connectivity index is 1.06. The second kappa shape index (κ2) is 31.1. The Kier molecular flexibility index (Phi) is 24.7. The summed E-state index contributed by atoms with van der Waals surface area (Å²) < 4.78 is 34.4. The SMILES string of the molecule is C=CSCCCCCC(=O)NCC(=O)NC(CCCNC)C(=O)Nc1ccc(COC(=O)N(CCOC23CC(C)(C)CC(C)(CC(C)(CN/C(C)=C(\C=N)c4ccc(N5CCc6cccc(C=O)c6C5)nc4C(=O)O)C2)C3)CCS(=O)O)cc1. The van der Waals surface area contributed by atoms with Crippen molar-refractivity contribution < 1.29 is 52.1 Å². The third kappa shape index (κ3) is 19.5. The summed E-state index contributed by atoms with van der Waals surface area (Å²) in [6.07, 6.45) is 9.90. The van der Waals surface area contributed by atoms with Crippen LogP contribution in [0, 0.1) is 21.7 Å². The van der Waals surface area contributed by atoms with Gasteiger partial charge in [-0.2, -0.15) is 0 Å². The lowest BCUT2D eigenvalue weighted by Crippen LogP contribution is -2.58. The highest BCUT2D eigenvalue weighted by Crippen LogP contribution is 2.63. The van der Waals surface area contributed by atoms with Gasteiger partial charge in [-0.25, -0.2) is 18.8 Å². The number of carbonyl (C=O) groups is 6. The third-order valence-electron chi connectivity index (χ3n) is 16.0. The highest BCUT2D eigenvalue weighted by Gasteiger charge is 2.58. The number of nitrogens with one attached hydrogen (secondary N) is 6. The molecule has 0 spiro atoms. The van der Waals surface area contributed by atoms with E-state index in [0.717, 1.165) is 67.9 Å². The van der Waals surface area contributed by atoms with Crippen LogP contribution in [0.3, 0.4) is 0 Å². The van der Waals surface area contributed by atoms with Crippen molar-refractivity contribution >= 4 is 82.2 Å². The lowest BCUT2D eigenvalue weighted by atomic mass is 9.48. The second-order valence-corrected chi connectivity index (χ2v) is 26.3. The fourth-order valence-corrected chi connectivity index (χ4v) is 14.1. The minimum atomic E-state index is -2.18. The number of rotatable bonds is 33. The Morgan fingerprint density at radius 1 is 0.952 bits per heavy atom. The van der Waals surface area contributed by atoms with Gasteiger partial charge in [-0.05, 0) is 153 Å². The van der Waals surface area contributed by atoms with Crippen molar-refractivity contribution in [1.82, 2.24) is 31.2 Å². The maximum Gasteiger partial charge on any atom is 0.410 e. The van der Waals surface area contributed by atoms with Gasteiger partial charge in [0.25, 0.3) is 0 Å². The van der Waals surface area contributed by atoms with Crippen LogP contribution in [0.5, 0.6) is 0 Å².